The summed E-state index contributed by atoms with van der Waals surface area (Å²) in [6.07, 6.45) is 2.73. The molecule has 0 saturated heterocycles. The van der Waals surface area contributed by atoms with E-state index in [0.717, 1.165) is 17.1 Å². The number of nitrogen functional groups attached to an aromatic ring is 1. The van der Waals surface area contributed by atoms with Gasteiger partial charge in [0.05, 0.1) is 22.4 Å². The number of benzene rings is 1. The molecule has 1 unspecified atom stereocenters. The first-order valence-corrected chi connectivity index (χ1v) is 6.68. The van der Waals surface area contributed by atoms with Gasteiger partial charge in [-0.15, -0.1) is 11.3 Å². The minimum absolute atomic E-state index is 0.150. The number of nitrogens with two attached hydrogens (primary N) is 1. The smallest absolute Gasteiger partial charge is 0.115 e. The minimum Gasteiger partial charge on any atom is -0.397 e. The van der Waals surface area contributed by atoms with Gasteiger partial charge in [0, 0.05) is 11.6 Å². The third-order valence-corrected chi connectivity index (χ3v) is 3.73. The molecule has 0 spiro atoms. The van der Waals surface area contributed by atoms with Crippen LogP contribution in [0.3, 0.4) is 0 Å². The van der Waals surface area contributed by atoms with Crippen LogP contribution >= 0.6 is 22.9 Å². The number of hydrogen-bond donors (Lipinski definition) is 2. The highest BCUT2D eigenvalue weighted by atomic mass is 35.5. The van der Waals surface area contributed by atoms with Gasteiger partial charge in [-0.3, -0.25) is 0 Å². The Labute approximate surface area is 110 Å². The van der Waals surface area contributed by atoms with Crippen LogP contribution in [0.5, 0.6) is 0 Å². The van der Waals surface area contributed by atoms with E-state index in [-0.39, 0.29) is 6.04 Å². The molecule has 0 radical (unpaired) electrons. The topological polar surface area (TPSA) is 50.9 Å². The van der Waals surface area contributed by atoms with Crippen LogP contribution in [0.25, 0.3) is 0 Å². The average Bonchev–Trinajstić information content (AvgIpc) is 2.82. The van der Waals surface area contributed by atoms with Crippen molar-refractivity contribution in [2.24, 2.45) is 0 Å². The summed E-state index contributed by atoms with van der Waals surface area (Å²) in [6.45, 7) is 2.10. The van der Waals surface area contributed by atoms with Crippen LogP contribution in [0.2, 0.25) is 5.02 Å². The molecule has 0 aliphatic rings. The van der Waals surface area contributed by atoms with Gasteiger partial charge in [-0.05, 0) is 18.6 Å². The van der Waals surface area contributed by atoms with Crippen LogP contribution in [0.1, 0.15) is 24.4 Å². The first-order valence-electron chi connectivity index (χ1n) is 5.42. The Bertz CT molecular complexity index is 464. The van der Waals surface area contributed by atoms with E-state index in [9.17, 15) is 0 Å². The number of nitrogens with zero attached hydrogens (tertiary/aromatic N) is 1. The molecule has 2 rings (SSSR count). The Hall–Kier alpha value is -1.26. The lowest BCUT2D eigenvalue weighted by Crippen LogP contribution is -2.11. The van der Waals surface area contributed by atoms with Crippen molar-refractivity contribution in [3.63, 3.8) is 0 Å². The quantitative estimate of drug-likeness (QED) is 0.825. The zero-order valence-electron chi connectivity index (χ0n) is 9.48. The summed E-state index contributed by atoms with van der Waals surface area (Å²) in [4.78, 5) is 4.32. The van der Waals surface area contributed by atoms with E-state index in [4.69, 9.17) is 17.3 Å². The van der Waals surface area contributed by atoms with E-state index >= 15 is 0 Å². The third-order valence-electron chi connectivity index (χ3n) is 2.52. The Balaban J connectivity index is 2.25. The van der Waals surface area contributed by atoms with Gasteiger partial charge in [0.1, 0.15) is 5.01 Å². The second-order valence-corrected chi connectivity index (χ2v) is 5.01. The predicted octanol–water partition coefficient (Wildman–Crippen LogP) is 3.94. The lowest BCUT2D eigenvalue weighted by Gasteiger charge is -2.18. The summed E-state index contributed by atoms with van der Waals surface area (Å²) < 4.78 is 0. The summed E-state index contributed by atoms with van der Waals surface area (Å²) in [5, 5.41) is 7.01. The zero-order chi connectivity index (χ0) is 12.3. The molecule has 1 aromatic carbocycles. The second kappa shape index (κ2) is 5.38. The normalized spacial score (nSPS) is 12.4. The molecule has 0 bridgehead atoms. The SMILES string of the molecule is CCC(Nc1c(N)cccc1Cl)c1nccs1. The summed E-state index contributed by atoms with van der Waals surface area (Å²) >= 11 is 7.76. The Morgan fingerprint density at radius 1 is 1.53 bits per heavy atom. The zero-order valence-corrected chi connectivity index (χ0v) is 11.1. The highest BCUT2D eigenvalue weighted by molar-refractivity contribution is 7.09. The first-order chi connectivity index (χ1) is 8.22. The molecular weight excluding hydrogens is 254 g/mol. The molecule has 90 valence electrons. The number of para-hydroxylation sites is 1. The monoisotopic (exact) mass is 267 g/mol. The molecule has 3 N–H and O–H groups in total. The Morgan fingerprint density at radius 3 is 2.94 bits per heavy atom. The van der Waals surface area contributed by atoms with Gasteiger partial charge < -0.3 is 11.1 Å². The van der Waals surface area contributed by atoms with Crippen LogP contribution in [0, 0.1) is 0 Å². The largest absolute Gasteiger partial charge is 0.397 e. The highest BCUT2D eigenvalue weighted by Gasteiger charge is 2.14. The van der Waals surface area contributed by atoms with E-state index in [1.807, 2.05) is 23.6 Å². The summed E-state index contributed by atoms with van der Waals surface area (Å²) in [7, 11) is 0. The predicted molar refractivity (Wildman–Crippen MR) is 74.6 cm³/mol. The number of nitrogens with one attached hydrogen (secondary N) is 1. The molecule has 1 atom stereocenters. The fraction of sp³-hybridized carbons (Fsp3) is 0.250. The van der Waals surface area contributed by atoms with Gasteiger partial charge in [-0.25, -0.2) is 4.98 Å². The summed E-state index contributed by atoms with van der Waals surface area (Å²) in [6, 6.07) is 5.65. The van der Waals surface area contributed by atoms with E-state index in [1.54, 1.807) is 17.5 Å². The van der Waals surface area contributed by atoms with Crippen LogP contribution in [0.15, 0.2) is 29.8 Å². The van der Waals surface area contributed by atoms with Crippen LogP contribution < -0.4 is 11.1 Å². The van der Waals surface area contributed by atoms with Crippen molar-refractivity contribution in [3.8, 4) is 0 Å². The molecule has 1 aromatic heterocycles. The highest BCUT2D eigenvalue weighted by Crippen LogP contribution is 2.32. The molecular formula is C12H14ClN3S. The van der Waals surface area contributed by atoms with E-state index < -0.39 is 0 Å². The lowest BCUT2D eigenvalue weighted by molar-refractivity contribution is 0.742. The van der Waals surface area contributed by atoms with Crippen molar-refractivity contribution in [3.05, 3.63) is 39.8 Å². The van der Waals surface area contributed by atoms with Crippen molar-refractivity contribution in [2.75, 3.05) is 11.1 Å². The number of aromatic nitrogens is 1. The summed E-state index contributed by atoms with van der Waals surface area (Å²) in [5.41, 5.74) is 7.36. The van der Waals surface area contributed by atoms with Crippen molar-refractivity contribution in [2.45, 2.75) is 19.4 Å². The summed E-state index contributed by atoms with van der Waals surface area (Å²) in [5.74, 6) is 0. The lowest BCUT2D eigenvalue weighted by atomic mass is 10.2. The van der Waals surface area contributed by atoms with Gasteiger partial charge in [-0.2, -0.15) is 0 Å². The molecule has 0 saturated carbocycles. The third kappa shape index (κ3) is 2.70. The second-order valence-electron chi connectivity index (χ2n) is 3.68. The van der Waals surface area contributed by atoms with Gasteiger partial charge in [0.25, 0.3) is 0 Å². The molecule has 0 amide bonds. The average molecular weight is 268 g/mol. The molecule has 3 nitrogen and oxygen atoms in total. The standard InChI is InChI=1S/C12H14ClN3S/c1-2-10(12-15-6-7-17-12)16-11-8(13)4-3-5-9(11)14/h3-7,10,16H,2,14H2,1H3. The first kappa shape index (κ1) is 12.2. The van der Waals surface area contributed by atoms with Gasteiger partial charge in [0.15, 0.2) is 0 Å². The molecule has 0 fully saturated rings. The molecule has 2 aromatic rings. The fourth-order valence-electron chi connectivity index (χ4n) is 1.61. The van der Waals surface area contributed by atoms with E-state index in [2.05, 4.69) is 17.2 Å². The molecule has 17 heavy (non-hydrogen) atoms. The maximum absolute atomic E-state index is 6.13. The van der Waals surface area contributed by atoms with Gasteiger partial charge in [0.2, 0.25) is 0 Å². The minimum atomic E-state index is 0.150. The molecule has 5 heteroatoms. The van der Waals surface area contributed by atoms with E-state index in [1.165, 1.54) is 0 Å². The number of hydrogen-bond acceptors (Lipinski definition) is 4. The number of halogens is 1. The Morgan fingerprint density at radius 2 is 2.35 bits per heavy atom. The number of rotatable bonds is 4. The number of thiazole rings is 1. The van der Waals surface area contributed by atoms with Crippen molar-refractivity contribution >= 4 is 34.3 Å². The molecule has 0 aliphatic heterocycles. The van der Waals surface area contributed by atoms with Crippen molar-refractivity contribution < 1.29 is 0 Å². The maximum atomic E-state index is 6.13. The van der Waals surface area contributed by atoms with Crippen molar-refractivity contribution in [1.82, 2.24) is 4.98 Å². The van der Waals surface area contributed by atoms with Gasteiger partial charge in [-0.1, -0.05) is 24.6 Å². The van der Waals surface area contributed by atoms with Crippen molar-refractivity contribution in [1.29, 1.82) is 0 Å². The van der Waals surface area contributed by atoms with Crippen LogP contribution in [-0.4, -0.2) is 4.98 Å². The van der Waals surface area contributed by atoms with E-state index in [0.29, 0.717) is 10.7 Å². The fourth-order valence-corrected chi connectivity index (χ4v) is 2.62. The molecule has 1 heterocycles. The van der Waals surface area contributed by atoms with Gasteiger partial charge >= 0.3 is 0 Å². The van der Waals surface area contributed by atoms with Crippen LogP contribution in [-0.2, 0) is 0 Å². The van der Waals surface area contributed by atoms with Crippen LogP contribution in [0.4, 0.5) is 11.4 Å². The molecule has 0 aliphatic carbocycles. The maximum Gasteiger partial charge on any atom is 0.115 e. The number of anilines is 2. The Kier molecular flexibility index (Phi) is 3.86.